The van der Waals surface area contributed by atoms with Crippen molar-refractivity contribution in [1.82, 2.24) is 19.4 Å². The van der Waals surface area contributed by atoms with Crippen LogP contribution in [0.5, 0.6) is 0 Å². The number of hydrogen-bond acceptors (Lipinski definition) is 5. The molecule has 0 radical (unpaired) electrons. The minimum absolute atomic E-state index is 0.105. The van der Waals surface area contributed by atoms with Crippen LogP contribution >= 0.6 is 0 Å². The van der Waals surface area contributed by atoms with E-state index in [-0.39, 0.29) is 11.9 Å². The lowest BCUT2D eigenvalue weighted by molar-refractivity contribution is 0.0593. The molecule has 0 aromatic carbocycles. The normalized spacial score (nSPS) is 16.5. The molecule has 0 saturated carbocycles. The molecule has 7 nitrogen and oxygen atoms in total. The van der Waals surface area contributed by atoms with Crippen LogP contribution < -0.4 is 0 Å². The standard InChI is InChI=1S/C19H20N4O3/c1-14-18-21-11-16(13-25-12-15-4-2-6-20-10-15)23(18)8-7-22(14)19(24)17-5-3-9-26-17/h2-6,9-11,14H,7-8,12-13H2,1H3/t14-/m0/s1. The first-order valence-corrected chi connectivity index (χ1v) is 8.59. The predicted molar refractivity (Wildman–Crippen MR) is 93.1 cm³/mol. The zero-order chi connectivity index (χ0) is 17.9. The van der Waals surface area contributed by atoms with Crippen molar-refractivity contribution < 1.29 is 13.9 Å². The van der Waals surface area contributed by atoms with Crippen LogP contribution in [-0.4, -0.2) is 31.9 Å². The maximum Gasteiger partial charge on any atom is 0.290 e. The quantitative estimate of drug-likeness (QED) is 0.706. The number of pyridine rings is 1. The minimum Gasteiger partial charge on any atom is -0.459 e. The summed E-state index contributed by atoms with van der Waals surface area (Å²) >= 11 is 0. The molecule has 0 saturated heterocycles. The fourth-order valence-electron chi connectivity index (χ4n) is 3.25. The van der Waals surface area contributed by atoms with Gasteiger partial charge in [-0.1, -0.05) is 6.07 Å². The Bertz CT molecular complexity index is 874. The Kier molecular flexibility index (Phi) is 4.53. The Balaban J connectivity index is 1.43. The highest BCUT2D eigenvalue weighted by Gasteiger charge is 2.31. The van der Waals surface area contributed by atoms with Crippen molar-refractivity contribution >= 4 is 5.91 Å². The van der Waals surface area contributed by atoms with Gasteiger partial charge >= 0.3 is 0 Å². The molecule has 0 fully saturated rings. The molecule has 1 aliphatic rings. The molecule has 4 heterocycles. The Morgan fingerprint density at radius 3 is 2.96 bits per heavy atom. The third-order valence-electron chi connectivity index (χ3n) is 4.61. The summed E-state index contributed by atoms with van der Waals surface area (Å²) in [4.78, 5) is 23.0. The van der Waals surface area contributed by atoms with E-state index in [4.69, 9.17) is 9.15 Å². The number of carbonyl (C=O) groups is 1. The molecule has 0 N–H and O–H groups in total. The summed E-state index contributed by atoms with van der Waals surface area (Å²) in [6, 6.07) is 7.17. The highest BCUT2D eigenvalue weighted by Crippen LogP contribution is 2.27. The Morgan fingerprint density at radius 2 is 2.19 bits per heavy atom. The van der Waals surface area contributed by atoms with Crippen molar-refractivity contribution in [3.63, 3.8) is 0 Å². The first-order valence-electron chi connectivity index (χ1n) is 8.59. The Morgan fingerprint density at radius 1 is 1.27 bits per heavy atom. The maximum atomic E-state index is 12.6. The van der Waals surface area contributed by atoms with E-state index >= 15 is 0 Å². The molecule has 3 aromatic heterocycles. The van der Waals surface area contributed by atoms with Crippen LogP contribution in [0.15, 0.2) is 53.5 Å². The molecule has 1 atom stereocenters. The number of furan rings is 1. The van der Waals surface area contributed by atoms with Crippen molar-refractivity contribution in [2.45, 2.75) is 32.7 Å². The van der Waals surface area contributed by atoms with E-state index in [9.17, 15) is 4.79 Å². The molecule has 0 unspecified atom stereocenters. The first-order chi connectivity index (χ1) is 12.7. The third kappa shape index (κ3) is 3.13. The van der Waals surface area contributed by atoms with Gasteiger partial charge in [0.1, 0.15) is 5.82 Å². The molecule has 0 aliphatic carbocycles. The predicted octanol–water partition coefficient (Wildman–Crippen LogP) is 2.80. The van der Waals surface area contributed by atoms with E-state index in [0.29, 0.717) is 32.1 Å². The highest BCUT2D eigenvalue weighted by molar-refractivity contribution is 5.91. The first kappa shape index (κ1) is 16.5. The van der Waals surface area contributed by atoms with Gasteiger partial charge in [-0.05, 0) is 30.7 Å². The second kappa shape index (κ2) is 7.13. The van der Waals surface area contributed by atoms with Gasteiger partial charge < -0.3 is 18.6 Å². The van der Waals surface area contributed by atoms with E-state index in [1.165, 1.54) is 6.26 Å². The number of nitrogens with zero attached hydrogens (tertiary/aromatic N) is 4. The number of hydrogen-bond donors (Lipinski definition) is 0. The number of carbonyl (C=O) groups excluding carboxylic acids is 1. The number of fused-ring (bicyclic) bond motifs is 1. The SMILES string of the molecule is C[C@H]1c2ncc(COCc3cccnc3)n2CCN1C(=O)c1ccco1. The van der Waals surface area contributed by atoms with Crippen molar-refractivity contribution in [2.24, 2.45) is 0 Å². The molecule has 4 rings (SSSR count). The highest BCUT2D eigenvalue weighted by atomic mass is 16.5. The van der Waals surface area contributed by atoms with Gasteiger partial charge in [0.15, 0.2) is 5.76 Å². The van der Waals surface area contributed by atoms with Gasteiger partial charge in [0.05, 0.1) is 37.4 Å². The van der Waals surface area contributed by atoms with Gasteiger partial charge in [0.2, 0.25) is 0 Å². The average Bonchev–Trinajstić information content (AvgIpc) is 3.33. The molecule has 1 amide bonds. The van der Waals surface area contributed by atoms with Crippen LogP contribution in [0.25, 0.3) is 0 Å². The lowest BCUT2D eigenvalue weighted by Crippen LogP contribution is -2.41. The average molecular weight is 352 g/mol. The van der Waals surface area contributed by atoms with Gasteiger partial charge in [-0.25, -0.2) is 4.98 Å². The summed E-state index contributed by atoms with van der Waals surface area (Å²) in [7, 11) is 0. The Hall–Kier alpha value is -2.93. The zero-order valence-electron chi connectivity index (χ0n) is 14.5. The van der Waals surface area contributed by atoms with Crippen molar-refractivity contribution in [1.29, 1.82) is 0 Å². The molecule has 3 aromatic rings. The number of ether oxygens (including phenoxy) is 1. The maximum absolute atomic E-state index is 12.6. The van der Waals surface area contributed by atoms with Gasteiger partial charge in [-0.15, -0.1) is 0 Å². The topological polar surface area (TPSA) is 73.4 Å². The molecule has 0 bridgehead atoms. The molecule has 0 spiro atoms. The number of amides is 1. The van der Waals surface area contributed by atoms with E-state index in [2.05, 4.69) is 14.5 Å². The fraction of sp³-hybridized carbons (Fsp3) is 0.316. The monoisotopic (exact) mass is 352 g/mol. The smallest absolute Gasteiger partial charge is 0.290 e. The molecule has 134 valence electrons. The summed E-state index contributed by atoms with van der Waals surface area (Å²) in [5.74, 6) is 1.12. The number of rotatable bonds is 5. The van der Waals surface area contributed by atoms with Crippen LogP contribution in [0.3, 0.4) is 0 Å². The largest absolute Gasteiger partial charge is 0.459 e. The molecule has 26 heavy (non-hydrogen) atoms. The van der Waals surface area contributed by atoms with Crippen LogP contribution in [-0.2, 0) is 24.5 Å². The van der Waals surface area contributed by atoms with Crippen molar-refractivity contribution in [3.8, 4) is 0 Å². The summed E-state index contributed by atoms with van der Waals surface area (Å²) in [5, 5.41) is 0. The summed E-state index contributed by atoms with van der Waals surface area (Å²) in [5.41, 5.74) is 2.05. The van der Waals surface area contributed by atoms with Gasteiger partial charge in [-0.3, -0.25) is 9.78 Å². The van der Waals surface area contributed by atoms with Gasteiger partial charge in [-0.2, -0.15) is 0 Å². The fourth-order valence-corrected chi connectivity index (χ4v) is 3.25. The van der Waals surface area contributed by atoms with Crippen LogP contribution in [0.1, 0.15) is 40.6 Å². The second-order valence-electron chi connectivity index (χ2n) is 6.27. The lowest BCUT2D eigenvalue weighted by Gasteiger charge is -2.33. The van der Waals surface area contributed by atoms with Crippen LogP contribution in [0.2, 0.25) is 0 Å². The second-order valence-corrected chi connectivity index (χ2v) is 6.27. The van der Waals surface area contributed by atoms with E-state index in [0.717, 1.165) is 17.1 Å². The molecular formula is C19H20N4O3. The van der Waals surface area contributed by atoms with E-state index < -0.39 is 0 Å². The minimum atomic E-state index is -0.117. The van der Waals surface area contributed by atoms with E-state index in [1.54, 1.807) is 29.4 Å². The number of aromatic nitrogens is 3. The summed E-state index contributed by atoms with van der Waals surface area (Å²) < 4.78 is 13.2. The van der Waals surface area contributed by atoms with Crippen LogP contribution in [0.4, 0.5) is 0 Å². The molecule has 1 aliphatic heterocycles. The van der Waals surface area contributed by atoms with E-state index in [1.807, 2.05) is 25.3 Å². The molecular weight excluding hydrogens is 332 g/mol. The summed E-state index contributed by atoms with van der Waals surface area (Å²) in [6.45, 7) is 4.27. The van der Waals surface area contributed by atoms with Crippen LogP contribution in [0, 0.1) is 0 Å². The van der Waals surface area contributed by atoms with Gasteiger partial charge in [0.25, 0.3) is 5.91 Å². The van der Waals surface area contributed by atoms with Crippen molar-refractivity contribution in [3.05, 3.63) is 72.0 Å². The zero-order valence-corrected chi connectivity index (χ0v) is 14.5. The molecule has 7 heteroatoms. The lowest BCUT2D eigenvalue weighted by atomic mass is 10.2. The van der Waals surface area contributed by atoms with Crippen molar-refractivity contribution in [2.75, 3.05) is 6.54 Å². The Labute approximate surface area is 151 Å². The number of imidazole rings is 1. The summed E-state index contributed by atoms with van der Waals surface area (Å²) in [6.07, 6.45) is 6.89. The third-order valence-corrected chi connectivity index (χ3v) is 4.61. The van der Waals surface area contributed by atoms with Gasteiger partial charge in [0, 0.05) is 25.5 Å².